The summed E-state index contributed by atoms with van der Waals surface area (Å²) in [7, 11) is -2.93. The molecule has 32 heavy (non-hydrogen) atoms. The van der Waals surface area contributed by atoms with Crippen LogP contribution < -0.4 is 0 Å². The molecule has 6 nitrogen and oxygen atoms in total. The zero-order chi connectivity index (χ0) is 22.3. The Morgan fingerprint density at radius 1 is 1.00 bits per heavy atom. The number of aryl methyl sites for hydroxylation is 1. The first-order chi connectivity index (χ1) is 15.4. The van der Waals surface area contributed by atoms with Gasteiger partial charge in [0.1, 0.15) is 0 Å². The van der Waals surface area contributed by atoms with E-state index >= 15 is 0 Å². The highest BCUT2D eigenvalue weighted by Gasteiger charge is 2.35. The lowest BCUT2D eigenvalue weighted by Gasteiger charge is -2.40. The van der Waals surface area contributed by atoms with Crippen molar-refractivity contribution in [1.82, 2.24) is 14.8 Å². The molecule has 0 aliphatic carbocycles. The van der Waals surface area contributed by atoms with Crippen LogP contribution in [0.1, 0.15) is 38.7 Å². The van der Waals surface area contributed by atoms with Gasteiger partial charge in [0.05, 0.1) is 32.0 Å². The second-order valence-corrected chi connectivity index (χ2v) is 10.6. The molecule has 1 aromatic heterocycles. The number of amides is 1. The van der Waals surface area contributed by atoms with E-state index in [1.807, 2.05) is 60.4 Å². The predicted molar refractivity (Wildman–Crippen MR) is 124 cm³/mol. The Bertz CT molecular complexity index is 1280. The molecule has 2 aromatic carbocycles. The molecule has 0 spiro atoms. The fourth-order valence-corrected chi connectivity index (χ4v) is 6.55. The van der Waals surface area contributed by atoms with Crippen molar-refractivity contribution < 1.29 is 9.00 Å². The number of nitrogens with one attached hydrogen (secondary N) is 1. The SMILES string of the molecule is Cc1cncc(C(=O)N2CCN(C3c4ccccc4CS(=N)(=O)c4ccccc43)CC2)c1. The first-order valence-electron chi connectivity index (χ1n) is 10.8. The molecule has 1 N–H and O–H groups in total. The summed E-state index contributed by atoms with van der Waals surface area (Å²) in [6, 6.07) is 17.5. The predicted octanol–water partition coefficient (Wildman–Crippen LogP) is 3.86. The van der Waals surface area contributed by atoms with Gasteiger partial charge in [-0.3, -0.25) is 14.7 Å². The van der Waals surface area contributed by atoms with E-state index in [0.29, 0.717) is 36.6 Å². The average Bonchev–Trinajstić information content (AvgIpc) is 2.90. The van der Waals surface area contributed by atoms with E-state index in [1.54, 1.807) is 12.4 Å². The zero-order valence-corrected chi connectivity index (χ0v) is 18.8. The number of piperazine rings is 1. The van der Waals surface area contributed by atoms with Crippen LogP contribution in [0.15, 0.2) is 71.9 Å². The molecule has 164 valence electrons. The molecule has 2 aliphatic heterocycles. The third-order valence-corrected chi connectivity index (χ3v) is 8.17. The smallest absolute Gasteiger partial charge is 0.255 e. The molecular weight excluding hydrogens is 420 g/mol. The van der Waals surface area contributed by atoms with Crippen LogP contribution >= 0.6 is 0 Å². The van der Waals surface area contributed by atoms with E-state index in [0.717, 1.165) is 22.3 Å². The van der Waals surface area contributed by atoms with E-state index in [-0.39, 0.29) is 17.7 Å². The van der Waals surface area contributed by atoms with Crippen molar-refractivity contribution in [3.8, 4) is 0 Å². The summed E-state index contributed by atoms with van der Waals surface area (Å²) >= 11 is 0. The first-order valence-corrected chi connectivity index (χ1v) is 12.5. The summed E-state index contributed by atoms with van der Waals surface area (Å²) in [5.41, 5.74) is 4.62. The van der Waals surface area contributed by atoms with E-state index in [1.165, 1.54) is 0 Å². The van der Waals surface area contributed by atoms with Crippen molar-refractivity contribution in [2.24, 2.45) is 0 Å². The fraction of sp³-hybridized carbons (Fsp3) is 0.280. The number of fused-ring (bicyclic) bond motifs is 2. The molecule has 3 heterocycles. The number of carbonyl (C=O) groups is 1. The summed E-state index contributed by atoms with van der Waals surface area (Å²) in [6.45, 7) is 4.58. The van der Waals surface area contributed by atoms with Crippen LogP contribution in [0, 0.1) is 11.7 Å². The number of hydrogen-bond donors (Lipinski definition) is 1. The van der Waals surface area contributed by atoms with E-state index in [9.17, 15) is 9.00 Å². The lowest BCUT2D eigenvalue weighted by atomic mass is 9.93. The minimum Gasteiger partial charge on any atom is -0.336 e. The standard InChI is InChI=1S/C25H26N4O2S/c1-18-14-20(16-27-15-18)25(30)29-12-10-28(11-13-29)24-21-7-3-2-6-19(21)17-32(26,31)23-9-5-4-8-22(23)24/h2-9,14-16,24,26H,10-13,17H2,1H3. The number of nitrogens with zero attached hydrogens (tertiary/aromatic N) is 3. The van der Waals surface area contributed by atoms with Gasteiger partial charge in [-0.2, -0.15) is 0 Å². The highest BCUT2D eigenvalue weighted by atomic mass is 32.2. The number of rotatable bonds is 2. The Balaban J connectivity index is 1.46. The molecule has 1 fully saturated rings. The number of hydrogen-bond acceptors (Lipinski definition) is 5. The fourth-order valence-electron chi connectivity index (χ4n) is 4.83. The molecule has 3 aromatic rings. The Hall–Kier alpha value is -3.03. The Kier molecular flexibility index (Phi) is 5.31. The summed E-state index contributed by atoms with van der Waals surface area (Å²) in [5, 5.41) is 0. The van der Waals surface area contributed by atoms with Gasteiger partial charge < -0.3 is 4.90 Å². The van der Waals surface area contributed by atoms with Gasteiger partial charge in [-0.15, -0.1) is 0 Å². The van der Waals surface area contributed by atoms with Crippen LogP contribution in [0.5, 0.6) is 0 Å². The second kappa shape index (κ2) is 8.15. The number of carbonyl (C=O) groups excluding carboxylic acids is 1. The highest BCUT2D eigenvalue weighted by Crippen LogP contribution is 2.40. The van der Waals surface area contributed by atoms with Crippen molar-refractivity contribution in [1.29, 1.82) is 4.78 Å². The minimum absolute atomic E-state index is 0.0108. The molecule has 1 amide bonds. The lowest BCUT2D eigenvalue weighted by molar-refractivity contribution is 0.0595. The van der Waals surface area contributed by atoms with Crippen molar-refractivity contribution in [2.45, 2.75) is 23.6 Å². The average molecular weight is 447 g/mol. The van der Waals surface area contributed by atoms with Crippen molar-refractivity contribution in [2.75, 3.05) is 26.2 Å². The van der Waals surface area contributed by atoms with Crippen LogP contribution in [-0.2, 0) is 15.5 Å². The van der Waals surface area contributed by atoms with Crippen LogP contribution in [-0.4, -0.2) is 51.1 Å². The maximum atomic E-state index is 13.4. The molecule has 0 radical (unpaired) electrons. The molecule has 2 atom stereocenters. The van der Waals surface area contributed by atoms with E-state index in [4.69, 9.17) is 4.78 Å². The van der Waals surface area contributed by atoms with E-state index < -0.39 is 9.73 Å². The van der Waals surface area contributed by atoms with E-state index in [2.05, 4.69) is 16.0 Å². The Labute approximate surface area is 188 Å². The van der Waals surface area contributed by atoms with Crippen LogP contribution in [0.2, 0.25) is 0 Å². The van der Waals surface area contributed by atoms with Gasteiger partial charge in [-0.25, -0.2) is 8.99 Å². The van der Waals surface area contributed by atoms with Crippen molar-refractivity contribution >= 4 is 15.6 Å². The maximum absolute atomic E-state index is 13.4. The highest BCUT2D eigenvalue weighted by molar-refractivity contribution is 7.91. The number of aromatic nitrogens is 1. The third kappa shape index (κ3) is 3.72. The van der Waals surface area contributed by atoms with Gasteiger partial charge in [0.25, 0.3) is 5.91 Å². The van der Waals surface area contributed by atoms with Gasteiger partial charge in [0.15, 0.2) is 0 Å². The lowest BCUT2D eigenvalue weighted by Crippen LogP contribution is -2.50. The minimum atomic E-state index is -2.93. The largest absolute Gasteiger partial charge is 0.336 e. The third-order valence-electron chi connectivity index (χ3n) is 6.37. The topological polar surface area (TPSA) is 77.4 Å². The number of pyridine rings is 1. The summed E-state index contributed by atoms with van der Waals surface area (Å²) in [5.74, 6) is 0.242. The van der Waals surface area contributed by atoms with Gasteiger partial charge in [-0.1, -0.05) is 42.5 Å². The second-order valence-electron chi connectivity index (χ2n) is 8.54. The molecule has 1 saturated heterocycles. The Morgan fingerprint density at radius 2 is 1.69 bits per heavy atom. The van der Waals surface area contributed by atoms with Gasteiger partial charge in [0, 0.05) is 38.6 Å². The van der Waals surface area contributed by atoms with Crippen LogP contribution in [0.4, 0.5) is 0 Å². The molecule has 0 saturated carbocycles. The summed E-state index contributed by atoms with van der Waals surface area (Å²) in [6.07, 6.45) is 3.38. The van der Waals surface area contributed by atoms with Crippen LogP contribution in [0.25, 0.3) is 0 Å². The van der Waals surface area contributed by atoms with Gasteiger partial charge >= 0.3 is 0 Å². The molecule has 2 aliphatic rings. The maximum Gasteiger partial charge on any atom is 0.255 e. The molecule has 2 unspecified atom stereocenters. The first kappa shape index (κ1) is 20.8. The normalized spacial score (nSPS) is 23.2. The quantitative estimate of drug-likeness (QED) is 0.649. The summed E-state index contributed by atoms with van der Waals surface area (Å²) in [4.78, 5) is 22.0. The van der Waals surface area contributed by atoms with Gasteiger partial charge in [0.2, 0.25) is 0 Å². The van der Waals surface area contributed by atoms with Crippen molar-refractivity contribution in [3.63, 3.8) is 0 Å². The van der Waals surface area contributed by atoms with Gasteiger partial charge in [-0.05, 0) is 41.3 Å². The van der Waals surface area contributed by atoms with Crippen molar-refractivity contribution in [3.05, 3.63) is 94.8 Å². The zero-order valence-electron chi connectivity index (χ0n) is 18.0. The van der Waals surface area contributed by atoms with Crippen LogP contribution in [0.3, 0.4) is 0 Å². The molecular formula is C25H26N4O2S. The number of benzene rings is 2. The Morgan fingerprint density at radius 3 is 2.44 bits per heavy atom. The molecule has 7 heteroatoms. The summed E-state index contributed by atoms with van der Waals surface area (Å²) < 4.78 is 22.0. The monoisotopic (exact) mass is 446 g/mol. The molecule has 0 bridgehead atoms. The molecule has 5 rings (SSSR count).